The standard InChI is InChI=1S/C13H17N3O2/c1-10-13(9-15-16(10)8-2-7-14)18-12-5-3-11(17)4-6-12/h3-6,9,17H,2,7-8,14H2,1H3. The molecule has 1 aromatic heterocycles. The van der Waals surface area contributed by atoms with E-state index in [1.165, 1.54) is 0 Å². The fourth-order valence-electron chi connectivity index (χ4n) is 1.64. The first-order chi connectivity index (χ1) is 8.70. The Bertz CT molecular complexity index is 505. The third-order valence-corrected chi connectivity index (χ3v) is 2.70. The van der Waals surface area contributed by atoms with E-state index in [0.717, 1.165) is 24.4 Å². The Labute approximate surface area is 106 Å². The summed E-state index contributed by atoms with van der Waals surface area (Å²) in [6.07, 6.45) is 2.58. The topological polar surface area (TPSA) is 73.3 Å². The maximum absolute atomic E-state index is 9.19. The van der Waals surface area contributed by atoms with Crippen LogP contribution in [0.5, 0.6) is 17.2 Å². The highest BCUT2D eigenvalue weighted by atomic mass is 16.5. The molecule has 0 unspecified atom stereocenters. The second-order valence-electron chi connectivity index (χ2n) is 4.06. The molecule has 0 saturated heterocycles. The summed E-state index contributed by atoms with van der Waals surface area (Å²) in [5.41, 5.74) is 6.44. The maximum Gasteiger partial charge on any atom is 0.168 e. The largest absolute Gasteiger partial charge is 0.508 e. The molecule has 0 aliphatic carbocycles. The smallest absolute Gasteiger partial charge is 0.168 e. The van der Waals surface area contributed by atoms with Crippen molar-refractivity contribution in [1.29, 1.82) is 0 Å². The van der Waals surface area contributed by atoms with Crippen molar-refractivity contribution in [3.05, 3.63) is 36.2 Å². The van der Waals surface area contributed by atoms with Crippen molar-refractivity contribution in [1.82, 2.24) is 9.78 Å². The van der Waals surface area contributed by atoms with Gasteiger partial charge in [0.05, 0.1) is 11.9 Å². The van der Waals surface area contributed by atoms with Gasteiger partial charge in [-0.3, -0.25) is 4.68 Å². The molecule has 0 bridgehead atoms. The number of aromatic nitrogens is 2. The Balaban J connectivity index is 2.09. The number of phenolic OH excluding ortho intramolecular Hbond substituents is 1. The predicted octanol–water partition coefficient (Wildman–Crippen LogP) is 2.04. The lowest BCUT2D eigenvalue weighted by atomic mass is 10.3. The monoisotopic (exact) mass is 247 g/mol. The SMILES string of the molecule is Cc1c(Oc2ccc(O)cc2)cnn1CCCN. The number of aryl methyl sites for hydroxylation is 1. The molecule has 5 heteroatoms. The highest BCUT2D eigenvalue weighted by Crippen LogP contribution is 2.25. The minimum absolute atomic E-state index is 0.220. The highest BCUT2D eigenvalue weighted by molar-refractivity contribution is 5.35. The third-order valence-electron chi connectivity index (χ3n) is 2.70. The van der Waals surface area contributed by atoms with Gasteiger partial charge < -0.3 is 15.6 Å². The molecule has 18 heavy (non-hydrogen) atoms. The maximum atomic E-state index is 9.19. The van der Waals surface area contributed by atoms with Gasteiger partial charge in [0, 0.05) is 6.54 Å². The van der Waals surface area contributed by atoms with Gasteiger partial charge in [-0.05, 0) is 44.2 Å². The van der Waals surface area contributed by atoms with Gasteiger partial charge >= 0.3 is 0 Å². The minimum atomic E-state index is 0.220. The van der Waals surface area contributed by atoms with Gasteiger partial charge in [0.1, 0.15) is 11.5 Å². The molecule has 2 rings (SSSR count). The molecule has 0 aliphatic rings. The van der Waals surface area contributed by atoms with Crippen LogP contribution in [-0.2, 0) is 6.54 Å². The zero-order valence-electron chi connectivity index (χ0n) is 10.3. The van der Waals surface area contributed by atoms with E-state index in [0.29, 0.717) is 12.3 Å². The van der Waals surface area contributed by atoms with Crippen LogP contribution >= 0.6 is 0 Å². The molecule has 3 N–H and O–H groups in total. The minimum Gasteiger partial charge on any atom is -0.508 e. The number of aromatic hydroxyl groups is 1. The summed E-state index contributed by atoms with van der Waals surface area (Å²) >= 11 is 0. The fraction of sp³-hybridized carbons (Fsp3) is 0.308. The van der Waals surface area contributed by atoms with Gasteiger partial charge in [-0.15, -0.1) is 0 Å². The van der Waals surface area contributed by atoms with Gasteiger partial charge in [-0.2, -0.15) is 5.10 Å². The lowest BCUT2D eigenvalue weighted by Crippen LogP contribution is -2.08. The van der Waals surface area contributed by atoms with E-state index in [2.05, 4.69) is 5.10 Å². The first kappa shape index (κ1) is 12.4. The van der Waals surface area contributed by atoms with Crippen LogP contribution < -0.4 is 10.5 Å². The van der Waals surface area contributed by atoms with Crippen LogP contribution in [0.4, 0.5) is 0 Å². The van der Waals surface area contributed by atoms with Gasteiger partial charge in [-0.25, -0.2) is 0 Å². The van der Waals surface area contributed by atoms with Crippen molar-refractivity contribution in [3.8, 4) is 17.2 Å². The summed E-state index contributed by atoms with van der Waals surface area (Å²) in [4.78, 5) is 0. The van der Waals surface area contributed by atoms with Crippen LogP contribution in [0.25, 0.3) is 0 Å². The number of rotatable bonds is 5. The van der Waals surface area contributed by atoms with Crippen molar-refractivity contribution in [2.24, 2.45) is 5.73 Å². The Kier molecular flexibility index (Phi) is 3.84. The molecular weight excluding hydrogens is 230 g/mol. The van der Waals surface area contributed by atoms with E-state index in [-0.39, 0.29) is 5.75 Å². The van der Waals surface area contributed by atoms with Crippen LogP contribution in [0.1, 0.15) is 12.1 Å². The quantitative estimate of drug-likeness (QED) is 0.848. The molecular formula is C13H17N3O2. The van der Waals surface area contributed by atoms with Crippen molar-refractivity contribution < 1.29 is 9.84 Å². The first-order valence-electron chi connectivity index (χ1n) is 5.90. The molecule has 2 aromatic rings. The summed E-state index contributed by atoms with van der Waals surface area (Å²) in [5, 5.41) is 13.4. The molecule has 0 spiro atoms. The summed E-state index contributed by atoms with van der Waals surface area (Å²) in [7, 11) is 0. The normalized spacial score (nSPS) is 10.6. The van der Waals surface area contributed by atoms with Gasteiger partial charge in [-0.1, -0.05) is 0 Å². The van der Waals surface area contributed by atoms with Crippen molar-refractivity contribution in [2.45, 2.75) is 19.9 Å². The van der Waals surface area contributed by atoms with Crippen LogP contribution in [0.3, 0.4) is 0 Å². The predicted molar refractivity (Wildman–Crippen MR) is 68.8 cm³/mol. The molecule has 96 valence electrons. The summed E-state index contributed by atoms with van der Waals surface area (Å²) in [6.45, 7) is 3.40. The summed E-state index contributed by atoms with van der Waals surface area (Å²) < 4.78 is 7.58. The van der Waals surface area contributed by atoms with Crippen molar-refractivity contribution in [2.75, 3.05) is 6.54 Å². The van der Waals surface area contributed by atoms with Gasteiger partial charge in [0.25, 0.3) is 0 Å². The van der Waals surface area contributed by atoms with E-state index in [4.69, 9.17) is 10.5 Å². The molecule has 0 fully saturated rings. The fourth-order valence-corrected chi connectivity index (χ4v) is 1.64. The third kappa shape index (κ3) is 2.81. The Morgan fingerprint density at radius 3 is 2.72 bits per heavy atom. The number of benzene rings is 1. The molecule has 0 saturated carbocycles. The highest BCUT2D eigenvalue weighted by Gasteiger charge is 2.08. The van der Waals surface area contributed by atoms with Crippen LogP contribution in [0.2, 0.25) is 0 Å². The lowest BCUT2D eigenvalue weighted by Gasteiger charge is -2.06. The number of nitrogens with two attached hydrogens (primary N) is 1. The zero-order valence-corrected chi connectivity index (χ0v) is 10.3. The second kappa shape index (κ2) is 5.55. The molecule has 0 aliphatic heterocycles. The Morgan fingerprint density at radius 2 is 2.06 bits per heavy atom. The zero-order chi connectivity index (χ0) is 13.0. The van der Waals surface area contributed by atoms with Crippen LogP contribution in [-0.4, -0.2) is 21.4 Å². The van der Waals surface area contributed by atoms with Gasteiger partial charge in [0.15, 0.2) is 5.75 Å². The number of hydrogen-bond donors (Lipinski definition) is 2. The summed E-state index contributed by atoms with van der Waals surface area (Å²) in [5.74, 6) is 1.62. The average molecular weight is 247 g/mol. The number of phenols is 1. The second-order valence-corrected chi connectivity index (χ2v) is 4.06. The molecule has 0 atom stereocenters. The Hall–Kier alpha value is -2.01. The first-order valence-corrected chi connectivity index (χ1v) is 5.90. The molecule has 1 aromatic carbocycles. The Morgan fingerprint density at radius 1 is 1.33 bits per heavy atom. The van der Waals surface area contributed by atoms with E-state index in [9.17, 15) is 5.11 Å². The van der Waals surface area contributed by atoms with Gasteiger partial charge in [0.2, 0.25) is 0 Å². The van der Waals surface area contributed by atoms with E-state index < -0.39 is 0 Å². The van der Waals surface area contributed by atoms with Crippen LogP contribution in [0.15, 0.2) is 30.5 Å². The number of hydrogen-bond acceptors (Lipinski definition) is 4. The van der Waals surface area contributed by atoms with Crippen molar-refractivity contribution >= 4 is 0 Å². The molecule has 5 nitrogen and oxygen atoms in total. The average Bonchev–Trinajstić information content (AvgIpc) is 2.71. The molecule has 1 heterocycles. The van der Waals surface area contributed by atoms with E-state index >= 15 is 0 Å². The van der Waals surface area contributed by atoms with E-state index in [1.807, 2.05) is 11.6 Å². The lowest BCUT2D eigenvalue weighted by molar-refractivity contribution is 0.461. The number of nitrogens with zero attached hydrogens (tertiary/aromatic N) is 2. The molecule has 0 radical (unpaired) electrons. The van der Waals surface area contributed by atoms with Crippen LogP contribution in [0, 0.1) is 6.92 Å². The summed E-state index contributed by atoms with van der Waals surface area (Å²) in [6, 6.07) is 6.60. The number of ether oxygens (including phenoxy) is 1. The van der Waals surface area contributed by atoms with Crippen molar-refractivity contribution in [3.63, 3.8) is 0 Å². The van der Waals surface area contributed by atoms with E-state index in [1.54, 1.807) is 30.5 Å². The molecule has 0 amide bonds.